The van der Waals surface area contributed by atoms with E-state index in [2.05, 4.69) is 15.3 Å². The van der Waals surface area contributed by atoms with Crippen LogP contribution in [0.25, 0.3) is 11.4 Å². The number of rotatable bonds is 4. The normalized spacial score (nSPS) is 10.2. The zero-order chi connectivity index (χ0) is 13.0. The van der Waals surface area contributed by atoms with Gasteiger partial charge in [-0.2, -0.15) is 0 Å². The van der Waals surface area contributed by atoms with Gasteiger partial charge < -0.3 is 10.1 Å². The van der Waals surface area contributed by atoms with Crippen LogP contribution in [-0.4, -0.2) is 23.6 Å². The molecule has 1 aromatic carbocycles. The van der Waals surface area contributed by atoms with Crippen molar-refractivity contribution in [1.29, 1.82) is 0 Å². The molecule has 0 radical (unpaired) electrons. The summed E-state index contributed by atoms with van der Waals surface area (Å²) in [7, 11) is 1.85. The van der Waals surface area contributed by atoms with E-state index >= 15 is 0 Å². The van der Waals surface area contributed by atoms with E-state index in [-0.39, 0.29) is 0 Å². The summed E-state index contributed by atoms with van der Waals surface area (Å²) in [5, 5.41) is 3.04. The number of hydrogen-bond donors (Lipinski definition) is 1. The van der Waals surface area contributed by atoms with Gasteiger partial charge in [-0.25, -0.2) is 9.97 Å². The van der Waals surface area contributed by atoms with Gasteiger partial charge in [-0.3, -0.25) is 0 Å². The van der Waals surface area contributed by atoms with Crippen LogP contribution >= 0.6 is 0 Å². The predicted molar refractivity (Wildman–Crippen MR) is 72.9 cm³/mol. The third-order valence-corrected chi connectivity index (χ3v) is 2.51. The molecule has 2 aromatic rings. The lowest BCUT2D eigenvalue weighted by atomic mass is 10.2. The highest BCUT2D eigenvalue weighted by Gasteiger charge is 2.05. The van der Waals surface area contributed by atoms with Crippen molar-refractivity contribution in [2.75, 3.05) is 19.0 Å². The molecule has 94 valence electrons. The summed E-state index contributed by atoms with van der Waals surface area (Å²) >= 11 is 0. The minimum absolute atomic E-state index is 0.653. The Kier molecular flexibility index (Phi) is 3.77. The Morgan fingerprint density at radius 2 is 2.06 bits per heavy atom. The fourth-order valence-corrected chi connectivity index (χ4v) is 1.72. The maximum Gasteiger partial charge on any atom is 0.161 e. The second-order valence-electron chi connectivity index (χ2n) is 3.93. The Morgan fingerprint density at radius 1 is 1.22 bits per heavy atom. The third-order valence-electron chi connectivity index (χ3n) is 2.51. The molecule has 0 saturated heterocycles. The van der Waals surface area contributed by atoms with Crippen molar-refractivity contribution in [3.63, 3.8) is 0 Å². The molecule has 0 amide bonds. The second kappa shape index (κ2) is 5.49. The first kappa shape index (κ1) is 12.4. The molecule has 0 aliphatic carbocycles. The van der Waals surface area contributed by atoms with Crippen LogP contribution in [-0.2, 0) is 0 Å². The van der Waals surface area contributed by atoms with Gasteiger partial charge in [0, 0.05) is 24.4 Å². The predicted octanol–water partition coefficient (Wildman–Crippen LogP) is 2.89. The number of aryl methyl sites for hydroxylation is 1. The van der Waals surface area contributed by atoms with Gasteiger partial charge in [0.25, 0.3) is 0 Å². The van der Waals surface area contributed by atoms with Crippen LogP contribution in [0.1, 0.15) is 12.6 Å². The zero-order valence-electron chi connectivity index (χ0n) is 10.9. The van der Waals surface area contributed by atoms with Crippen molar-refractivity contribution in [1.82, 2.24) is 9.97 Å². The molecule has 18 heavy (non-hydrogen) atoms. The van der Waals surface area contributed by atoms with Gasteiger partial charge in [0.05, 0.1) is 6.61 Å². The molecule has 0 unspecified atom stereocenters. The molecule has 1 heterocycles. The summed E-state index contributed by atoms with van der Waals surface area (Å²) in [6, 6.07) is 9.73. The molecule has 1 aromatic heterocycles. The van der Waals surface area contributed by atoms with Crippen molar-refractivity contribution >= 4 is 5.82 Å². The van der Waals surface area contributed by atoms with Crippen molar-refractivity contribution in [2.24, 2.45) is 0 Å². The van der Waals surface area contributed by atoms with Gasteiger partial charge in [0.1, 0.15) is 11.6 Å². The standard InChI is InChI=1S/C14H17N3O/c1-4-18-12-7-5-6-11(9-12)14-16-10(2)8-13(15-3)17-14/h5-9H,4H2,1-3H3,(H,15,16,17). The van der Waals surface area contributed by atoms with Crippen LogP contribution in [0.15, 0.2) is 30.3 Å². The maximum atomic E-state index is 5.48. The van der Waals surface area contributed by atoms with E-state index in [1.54, 1.807) is 0 Å². The van der Waals surface area contributed by atoms with Crippen LogP contribution in [0, 0.1) is 6.92 Å². The Morgan fingerprint density at radius 3 is 2.78 bits per heavy atom. The third kappa shape index (κ3) is 2.77. The molecule has 2 rings (SSSR count). The smallest absolute Gasteiger partial charge is 0.161 e. The Labute approximate surface area is 107 Å². The molecule has 0 spiro atoms. The lowest BCUT2D eigenvalue weighted by molar-refractivity contribution is 0.340. The van der Waals surface area contributed by atoms with Crippen LogP contribution in [0.4, 0.5) is 5.82 Å². The summed E-state index contributed by atoms with van der Waals surface area (Å²) in [6.45, 7) is 4.58. The van der Waals surface area contributed by atoms with E-state index in [0.29, 0.717) is 12.4 Å². The monoisotopic (exact) mass is 243 g/mol. The van der Waals surface area contributed by atoms with E-state index in [1.165, 1.54) is 0 Å². The van der Waals surface area contributed by atoms with Crippen molar-refractivity contribution < 1.29 is 4.74 Å². The van der Waals surface area contributed by atoms with Crippen LogP contribution in [0.2, 0.25) is 0 Å². The highest BCUT2D eigenvalue weighted by Crippen LogP contribution is 2.22. The Hall–Kier alpha value is -2.10. The van der Waals surface area contributed by atoms with Gasteiger partial charge in [-0.15, -0.1) is 0 Å². The molecule has 4 heteroatoms. The maximum absolute atomic E-state index is 5.48. The molecule has 1 N–H and O–H groups in total. The van der Waals surface area contributed by atoms with Crippen molar-refractivity contribution in [3.8, 4) is 17.1 Å². The molecule has 0 saturated carbocycles. The number of hydrogen-bond acceptors (Lipinski definition) is 4. The van der Waals surface area contributed by atoms with Gasteiger partial charge >= 0.3 is 0 Å². The molecule has 0 fully saturated rings. The summed E-state index contributed by atoms with van der Waals surface area (Å²) in [5.74, 6) is 2.37. The Balaban J connectivity index is 2.41. The first-order valence-corrected chi connectivity index (χ1v) is 5.99. The van der Waals surface area contributed by atoms with E-state index in [0.717, 1.165) is 22.8 Å². The largest absolute Gasteiger partial charge is 0.494 e. The number of benzene rings is 1. The SMILES string of the molecule is CCOc1cccc(-c2nc(C)cc(NC)n2)c1. The quantitative estimate of drug-likeness (QED) is 0.897. The molecule has 0 bridgehead atoms. The topological polar surface area (TPSA) is 47.0 Å². The molecular weight excluding hydrogens is 226 g/mol. The highest BCUT2D eigenvalue weighted by atomic mass is 16.5. The van der Waals surface area contributed by atoms with E-state index in [9.17, 15) is 0 Å². The van der Waals surface area contributed by atoms with Crippen molar-refractivity contribution in [3.05, 3.63) is 36.0 Å². The molecular formula is C14H17N3O. The second-order valence-corrected chi connectivity index (χ2v) is 3.93. The first-order valence-electron chi connectivity index (χ1n) is 5.99. The first-order chi connectivity index (χ1) is 8.72. The number of ether oxygens (including phenoxy) is 1. The summed E-state index contributed by atoms with van der Waals surface area (Å²) in [6.07, 6.45) is 0. The van der Waals surface area contributed by atoms with Gasteiger partial charge in [0.2, 0.25) is 0 Å². The highest BCUT2D eigenvalue weighted by molar-refractivity contribution is 5.59. The molecule has 0 aliphatic heterocycles. The molecule has 0 aliphatic rings. The van der Waals surface area contributed by atoms with Gasteiger partial charge in [-0.1, -0.05) is 12.1 Å². The van der Waals surface area contributed by atoms with Gasteiger partial charge in [-0.05, 0) is 26.0 Å². The van der Waals surface area contributed by atoms with E-state index in [1.807, 2.05) is 51.2 Å². The van der Waals surface area contributed by atoms with E-state index in [4.69, 9.17) is 4.74 Å². The van der Waals surface area contributed by atoms with Crippen LogP contribution in [0.5, 0.6) is 5.75 Å². The average molecular weight is 243 g/mol. The number of nitrogens with one attached hydrogen (secondary N) is 1. The van der Waals surface area contributed by atoms with Crippen LogP contribution < -0.4 is 10.1 Å². The lowest BCUT2D eigenvalue weighted by Gasteiger charge is -2.07. The summed E-state index contributed by atoms with van der Waals surface area (Å²) in [5.41, 5.74) is 1.90. The van der Waals surface area contributed by atoms with Crippen LogP contribution in [0.3, 0.4) is 0 Å². The average Bonchev–Trinajstić information content (AvgIpc) is 2.39. The number of nitrogens with zero attached hydrogens (tertiary/aromatic N) is 2. The Bertz CT molecular complexity index is 540. The number of anilines is 1. The molecule has 0 atom stereocenters. The fourth-order valence-electron chi connectivity index (χ4n) is 1.72. The van der Waals surface area contributed by atoms with E-state index < -0.39 is 0 Å². The molecule has 4 nitrogen and oxygen atoms in total. The summed E-state index contributed by atoms with van der Waals surface area (Å²) in [4.78, 5) is 8.89. The van der Waals surface area contributed by atoms with Gasteiger partial charge in [0.15, 0.2) is 5.82 Å². The minimum atomic E-state index is 0.653. The lowest BCUT2D eigenvalue weighted by Crippen LogP contribution is -1.99. The minimum Gasteiger partial charge on any atom is -0.494 e. The zero-order valence-corrected chi connectivity index (χ0v) is 10.9. The summed E-state index contributed by atoms with van der Waals surface area (Å²) < 4.78 is 5.48. The van der Waals surface area contributed by atoms with Crippen molar-refractivity contribution in [2.45, 2.75) is 13.8 Å². The fraction of sp³-hybridized carbons (Fsp3) is 0.286. The number of aromatic nitrogens is 2.